The van der Waals surface area contributed by atoms with E-state index in [1.165, 1.54) is 10.5 Å². The smallest absolute Gasteiger partial charge is 0.183 e. The second-order valence-electron chi connectivity index (χ2n) is 3.38. The number of anilines is 1. The number of hydrogen-bond donors (Lipinski definition) is 1. The number of nitrogens with one attached hydrogen (secondary N) is 1. The molecule has 0 radical (unpaired) electrons. The highest BCUT2D eigenvalue weighted by atomic mass is 32.2. The number of benzene rings is 1. The van der Waals surface area contributed by atoms with E-state index in [-0.39, 0.29) is 0 Å². The highest BCUT2D eigenvalue weighted by molar-refractivity contribution is 7.99. The summed E-state index contributed by atoms with van der Waals surface area (Å²) in [6.45, 7) is 0. The van der Waals surface area contributed by atoms with Gasteiger partial charge in [-0.1, -0.05) is 18.2 Å². The van der Waals surface area contributed by atoms with Crippen molar-refractivity contribution in [2.75, 3.05) is 11.1 Å². The minimum absolute atomic E-state index is 0.414. The molecule has 1 N–H and O–H groups in total. The maximum atomic E-state index is 4.25. The molecule has 4 heteroatoms. The van der Waals surface area contributed by atoms with E-state index in [2.05, 4.69) is 34.6 Å². The number of rotatable bonds is 2. The molecule has 1 aliphatic rings. The number of hydrogen-bond acceptors (Lipinski definition) is 4. The predicted molar refractivity (Wildman–Crippen MR) is 65.6 cm³/mol. The van der Waals surface area contributed by atoms with Gasteiger partial charge in [-0.05, 0) is 11.6 Å². The van der Waals surface area contributed by atoms with Gasteiger partial charge in [-0.25, -0.2) is 4.98 Å². The summed E-state index contributed by atoms with van der Waals surface area (Å²) >= 11 is 3.57. The third-order valence-corrected chi connectivity index (χ3v) is 4.32. The lowest BCUT2D eigenvalue weighted by Crippen LogP contribution is -2.09. The Kier molecular flexibility index (Phi) is 2.38. The van der Waals surface area contributed by atoms with Crippen LogP contribution in [-0.4, -0.2) is 10.7 Å². The lowest BCUT2D eigenvalue weighted by Gasteiger charge is -2.11. The van der Waals surface area contributed by atoms with Gasteiger partial charge in [0, 0.05) is 22.2 Å². The van der Waals surface area contributed by atoms with Gasteiger partial charge >= 0.3 is 0 Å². The molecule has 0 bridgehead atoms. The number of thiazole rings is 1. The van der Waals surface area contributed by atoms with Crippen LogP contribution in [0.1, 0.15) is 11.6 Å². The Hall–Kier alpha value is -1.00. The molecule has 2 aromatic rings. The van der Waals surface area contributed by atoms with Gasteiger partial charge in [-0.15, -0.1) is 23.1 Å². The Balaban J connectivity index is 1.85. The average molecular weight is 234 g/mol. The lowest BCUT2D eigenvalue weighted by atomic mass is 10.1. The van der Waals surface area contributed by atoms with E-state index in [9.17, 15) is 0 Å². The van der Waals surface area contributed by atoms with Crippen molar-refractivity contribution in [3.63, 3.8) is 0 Å². The highest BCUT2D eigenvalue weighted by Gasteiger charge is 2.22. The van der Waals surface area contributed by atoms with Gasteiger partial charge in [0.05, 0.1) is 6.04 Å². The lowest BCUT2D eigenvalue weighted by molar-refractivity contribution is 0.897. The fourth-order valence-electron chi connectivity index (χ4n) is 1.73. The molecule has 0 saturated heterocycles. The van der Waals surface area contributed by atoms with E-state index in [1.54, 1.807) is 11.3 Å². The summed E-state index contributed by atoms with van der Waals surface area (Å²) in [7, 11) is 0. The van der Waals surface area contributed by atoms with Crippen LogP contribution >= 0.6 is 23.1 Å². The van der Waals surface area contributed by atoms with Gasteiger partial charge in [0.2, 0.25) is 0 Å². The molecular formula is C11H10N2S2. The Morgan fingerprint density at radius 1 is 1.33 bits per heavy atom. The summed E-state index contributed by atoms with van der Waals surface area (Å²) < 4.78 is 0. The summed E-state index contributed by atoms with van der Waals surface area (Å²) in [5.74, 6) is 1.10. The molecule has 1 aromatic carbocycles. The average Bonchev–Trinajstić information content (AvgIpc) is 2.89. The zero-order valence-corrected chi connectivity index (χ0v) is 9.65. The van der Waals surface area contributed by atoms with Crippen molar-refractivity contribution in [2.24, 2.45) is 0 Å². The molecule has 1 aliphatic heterocycles. The van der Waals surface area contributed by atoms with E-state index >= 15 is 0 Å². The minimum Gasteiger partial charge on any atom is -0.354 e. The largest absolute Gasteiger partial charge is 0.354 e. The Bertz CT molecular complexity index is 453. The Labute approximate surface area is 96.7 Å². The summed E-state index contributed by atoms with van der Waals surface area (Å²) in [4.78, 5) is 5.65. The van der Waals surface area contributed by atoms with Crippen molar-refractivity contribution in [3.8, 4) is 0 Å². The van der Waals surface area contributed by atoms with Gasteiger partial charge < -0.3 is 5.32 Å². The highest BCUT2D eigenvalue weighted by Crippen LogP contribution is 2.39. The van der Waals surface area contributed by atoms with Gasteiger partial charge in [0.1, 0.15) is 0 Å². The van der Waals surface area contributed by atoms with E-state index in [1.807, 2.05) is 23.3 Å². The second kappa shape index (κ2) is 3.87. The number of fused-ring (bicyclic) bond motifs is 1. The molecular weight excluding hydrogens is 224 g/mol. The fourth-order valence-corrected chi connectivity index (χ4v) is 3.47. The van der Waals surface area contributed by atoms with Crippen LogP contribution in [0.3, 0.4) is 0 Å². The molecule has 76 valence electrons. The summed E-state index contributed by atoms with van der Waals surface area (Å²) in [5.41, 5.74) is 1.40. The topological polar surface area (TPSA) is 24.9 Å². The molecule has 2 heterocycles. The zero-order chi connectivity index (χ0) is 10.1. The molecule has 1 aromatic heterocycles. The first-order valence-corrected chi connectivity index (χ1v) is 6.68. The van der Waals surface area contributed by atoms with Gasteiger partial charge in [0.15, 0.2) is 5.13 Å². The van der Waals surface area contributed by atoms with Crippen LogP contribution in [0, 0.1) is 0 Å². The molecule has 15 heavy (non-hydrogen) atoms. The molecule has 0 aliphatic carbocycles. The van der Waals surface area contributed by atoms with Crippen LogP contribution in [0.25, 0.3) is 0 Å². The van der Waals surface area contributed by atoms with E-state index in [4.69, 9.17) is 0 Å². The number of thioether (sulfide) groups is 1. The molecule has 1 unspecified atom stereocenters. The first-order chi connectivity index (χ1) is 7.43. The first-order valence-electron chi connectivity index (χ1n) is 4.81. The maximum absolute atomic E-state index is 4.25. The normalized spacial score (nSPS) is 18.8. The first kappa shape index (κ1) is 9.24. The van der Waals surface area contributed by atoms with Crippen molar-refractivity contribution >= 4 is 28.2 Å². The standard InChI is InChI=1S/C11H10N2S2/c1-2-4-10-8(3-1)9(7-15-10)13-11-12-5-6-14-11/h1-6,9H,7H2,(H,12,13). The third kappa shape index (κ3) is 1.75. The minimum atomic E-state index is 0.414. The van der Waals surface area contributed by atoms with Gasteiger partial charge in [-0.2, -0.15) is 0 Å². The van der Waals surface area contributed by atoms with Gasteiger partial charge in [-0.3, -0.25) is 0 Å². The summed E-state index contributed by atoms with van der Waals surface area (Å²) in [6.07, 6.45) is 1.83. The Morgan fingerprint density at radius 3 is 3.13 bits per heavy atom. The van der Waals surface area contributed by atoms with Crippen LogP contribution in [0.15, 0.2) is 40.7 Å². The molecule has 0 spiro atoms. The number of nitrogens with zero attached hydrogens (tertiary/aromatic N) is 1. The maximum Gasteiger partial charge on any atom is 0.183 e. The monoisotopic (exact) mass is 234 g/mol. The zero-order valence-electron chi connectivity index (χ0n) is 8.01. The number of aromatic nitrogens is 1. The van der Waals surface area contributed by atoms with E-state index < -0.39 is 0 Å². The SMILES string of the molecule is c1ccc2c(c1)SCC2Nc1nccs1. The fraction of sp³-hybridized carbons (Fsp3) is 0.182. The Morgan fingerprint density at radius 2 is 2.27 bits per heavy atom. The molecule has 1 atom stereocenters. The van der Waals surface area contributed by atoms with Gasteiger partial charge in [0.25, 0.3) is 0 Å². The van der Waals surface area contributed by atoms with Crippen molar-refractivity contribution in [3.05, 3.63) is 41.4 Å². The summed E-state index contributed by atoms with van der Waals surface area (Å²) in [5, 5.41) is 6.47. The molecule has 2 nitrogen and oxygen atoms in total. The molecule has 3 rings (SSSR count). The molecule has 0 amide bonds. The van der Waals surface area contributed by atoms with Crippen molar-refractivity contribution < 1.29 is 0 Å². The predicted octanol–water partition coefficient (Wildman–Crippen LogP) is 3.40. The van der Waals surface area contributed by atoms with Crippen LogP contribution in [0.5, 0.6) is 0 Å². The van der Waals surface area contributed by atoms with Crippen molar-refractivity contribution in [2.45, 2.75) is 10.9 Å². The summed E-state index contributed by atoms with van der Waals surface area (Å²) in [6, 6.07) is 8.99. The van der Waals surface area contributed by atoms with Crippen LogP contribution in [0.2, 0.25) is 0 Å². The van der Waals surface area contributed by atoms with E-state index in [0.717, 1.165) is 10.9 Å². The van der Waals surface area contributed by atoms with Crippen molar-refractivity contribution in [1.82, 2.24) is 4.98 Å². The van der Waals surface area contributed by atoms with Crippen molar-refractivity contribution in [1.29, 1.82) is 0 Å². The third-order valence-electron chi connectivity index (χ3n) is 2.43. The second-order valence-corrected chi connectivity index (χ2v) is 5.34. The quantitative estimate of drug-likeness (QED) is 0.862. The van der Waals surface area contributed by atoms with Crippen LogP contribution in [0.4, 0.5) is 5.13 Å². The molecule has 0 fully saturated rings. The van der Waals surface area contributed by atoms with Crippen LogP contribution in [-0.2, 0) is 0 Å². The van der Waals surface area contributed by atoms with E-state index in [0.29, 0.717) is 6.04 Å². The molecule has 0 saturated carbocycles. The van der Waals surface area contributed by atoms with Crippen LogP contribution < -0.4 is 5.32 Å².